The van der Waals surface area contributed by atoms with E-state index in [-0.39, 0.29) is 17.8 Å². The lowest BCUT2D eigenvalue weighted by atomic mass is 9.97. The van der Waals surface area contributed by atoms with Crippen LogP contribution in [-0.4, -0.2) is 25.6 Å². The largest absolute Gasteiger partial charge is 0.496 e. The van der Waals surface area contributed by atoms with Gasteiger partial charge in [0, 0.05) is 13.0 Å². The number of ketones is 1. The lowest BCUT2D eigenvalue weighted by Crippen LogP contribution is -2.31. The Balaban J connectivity index is 2.78. The van der Waals surface area contributed by atoms with Gasteiger partial charge in [-0.25, -0.2) is 0 Å². The van der Waals surface area contributed by atoms with Crippen molar-refractivity contribution in [3.05, 3.63) is 28.2 Å². The van der Waals surface area contributed by atoms with Crippen LogP contribution in [0.15, 0.2) is 22.7 Å². The van der Waals surface area contributed by atoms with Crippen molar-refractivity contribution in [2.75, 3.05) is 13.7 Å². The molecule has 0 radical (unpaired) electrons. The van der Waals surface area contributed by atoms with Gasteiger partial charge in [-0.05, 0) is 46.5 Å². The molecule has 19 heavy (non-hydrogen) atoms. The highest BCUT2D eigenvalue weighted by atomic mass is 79.9. The fourth-order valence-electron chi connectivity index (χ4n) is 1.96. The summed E-state index contributed by atoms with van der Waals surface area (Å²) in [6, 6.07) is 5.68. The maximum absolute atomic E-state index is 12.2. The average Bonchev–Trinajstić information content (AvgIpc) is 2.35. The quantitative estimate of drug-likeness (QED) is 0.766. The summed E-state index contributed by atoms with van der Waals surface area (Å²) in [5, 5.41) is 0. The van der Waals surface area contributed by atoms with Crippen LogP contribution in [0, 0.1) is 5.92 Å². The smallest absolute Gasteiger partial charge is 0.166 e. The van der Waals surface area contributed by atoms with Gasteiger partial charge in [0.2, 0.25) is 0 Å². The van der Waals surface area contributed by atoms with Crippen molar-refractivity contribution in [3.63, 3.8) is 0 Å². The summed E-state index contributed by atoms with van der Waals surface area (Å²) >= 11 is 3.43. The first kappa shape index (κ1) is 16.2. The van der Waals surface area contributed by atoms with Crippen molar-refractivity contribution >= 4 is 21.7 Å². The summed E-state index contributed by atoms with van der Waals surface area (Å²) in [6.45, 7) is 6.47. The van der Waals surface area contributed by atoms with Gasteiger partial charge in [-0.15, -0.1) is 0 Å². The van der Waals surface area contributed by atoms with Gasteiger partial charge < -0.3 is 9.47 Å². The molecule has 3 nitrogen and oxygen atoms in total. The number of carbonyl (C=O) groups excluding carboxylic acids is 1. The third-order valence-electron chi connectivity index (χ3n) is 2.86. The molecule has 4 heteroatoms. The molecule has 1 aromatic rings. The summed E-state index contributed by atoms with van der Waals surface area (Å²) in [5.41, 5.74) is 0.961. The van der Waals surface area contributed by atoms with Crippen molar-refractivity contribution in [1.82, 2.24) is 0 Å². The molecule has 0 heterocycles. The SMILES string of the molecule is CCOC(C(=O)Cc1ccc(OC)c(Br)c1)C(C)C. The minimum absolute atomic E-state index is 0.119. The molecular weight excluding hydrogens is 308 g/mol. The number of Topliss-reactive ketones (excluding diaryl/α,β-unsaturated/α-hetero) is 1. The number of rotatable bonds is 7. The highest BCUT2D eigenvalue weighted by Gasteiger charge is 2.22. The number of hydrogen-bond donors (Lipinski definition) is 0. The zero-order chi connectivity index (χ0) is 14.4. The van der Waals surface area contributed by atoms with E-state index < -0.39 is 0 Å². The molecule has 0 aromatic heterocycles. The zero-order valence-electron chi connectivity index (χ0n) is 11.9. The lowest BCUT2D eigenvalue weighted by molar-refractivity contribution is -0.132. The fraction of sp³-hybridized carbons (Fsp3) is 0.533. The molecule has 0 bridgehead atoms. The minimum Gasteiger partial charge on any atom is -0.496 e. The molecule has 1 rings (SSSR count). The van der Waals surface area contributed by atoms with Crippen molar-refractivity contribution in [3.8, 4) is 5.75 Å². The molecule has 0 saturated carbocycles. The molecule has 0 aliphatic rings. The van der Waals surface area contributed by atoms with Crippen LogP contribution in [-0.2, 0) is 16.0 Å². The van der Waals surface area contributed by atoms with Crippen molar-refractivity contribution in [2.24, 2.45) is 5.92 Å². The van der Waals surface area contributed by atoms with Gasteiger partial charge in [0.15, 0.2) is 5.78 Å². The number of ether oxygens (including phenoxy) is 2. The van der Waals surface area contributed by atoms with Gasteiger partial charge in [-0.1, -0.05) is 19.9 Å². The summed E-state index contributed by atoms with van der Waals surface area (Å²) in [4.78, 5) is 12.2. The van der Waals surface area contributed by atoms with Crippen LogP contribution in [0.1, 0.15) is 26.3 Å². The monoisotopic (exact) mass is 328 g/mol. The Morgan fingerprint density at radius 1 is 1.37 bits per heavy atom. The second-order valence-corrected chi connectivity index (χ2v) is 5.59. The molecule has 1 atom stereocenters. The van der Waals surface area contributed by atoms with E-state index in [1.54, 1.807) is 7.11 Å². The van der Waals surface area contributed by atoms with Crippen LogP contribution in [0.5, 0.6) is 5.75 Å². The van der Waals surface area contributed by atoms with Crippen LogP contribution < -0.4 is 4.74 Å². The summed E-state index contributed by atoms with van der Waals surface area (Å²) in [6.07, 6.45) is 0.0525. The number of methoxy groups -OCH3 is 1. The van der Waals surface area contributed by atoms with Gasteiger partial charge in [0.1, 0.15) is 11.9 Å². The standard InChI is InChI=1S/C15H21BrO3/c1-5-19-15(10(2)3)13(17)9-11-6-7-14(18-4)12(16)8-11/h6-8,10,15H,5,9H2,1-4H3. The second kappa shape index (κ2) is 7.65. The normalized spacial score (nSPS) is 12.5. The zero-order valence-corrected chi connectivity index (χ0v) is 13.5. The van der Waals surface area contributed by atoms with Gasteiger partial charge in [0.05, 0.1) is 11.6 Å². The molecule has 0 amide bonds. The Labute approximate surface area is 123 Å². The minimum atomic E-state index is -0.328. The molecule has 1 aromatic carbocycles. The van der Waals surface area contributed by atoms with E-state index >= 15 is 0 Å². The lowest BCUT2D eigenvalue weighted by Gasteiger charge is -2.19. The van der Waals surface area contributed by atoms with Crippen LogP contribution in [0.2, 0.25) is 0 Å². The number of carbonyl (C=O) groups is 1. The Bertz CT molecular complexity index is 429. The number of halogens is 1. The van der Waals surface area contributed by atoms with E-state index in [1.165, 1.54) is 0 Å². The van der Waals surface area contributed by atoms with Crippen LogP contribution in [0.3, 0.4) is 0 Å². The van der Waals surface area contributed by atoms with E-state index in [0.29, 0.717) is 13.0 Å². The number of benzene rings is 1. The topological polar surface area (TPSA) is 35.5 Å². The van der Waals surface area contributed by atoms with E-state index in [9.17, 15) is 4.79 Å². The predicted molar refractivity (Wildman–Crippen MR) is 79.7 cm³/mol. The molecular formula is C15H21BrO3. The first-order valence-electron chi connectivity index (χ1n) is 6.46. The molecule has 1 unspecified atom stereocenters. The Hall–Kier alpha value is -0.870. The van der Waals surface area contributed by atoms with Gasteiger partial charge in [-0.2, -0.15) is 0 Å². The number of hydrogen-bond acceptors (Lipinski definition) is 3. The first-order chi connectivity index (χ1) is 8.99. The molecule has 0 N–H and O–H groups in total. The van der Waals surface area contributed by atoms with Gasteiger partial charge in [-0.3, -0.25) is 4.79 Å². The third kappa shape index (κ3) is 4.62. The Kier molecular flexibility index (Phi) is 6.52. The van der Waals surface area contributed by atoms with Crippen molar-refractivity contribution in [1.29, 1.82) is 0 Å². The first-order valence-corrected chi connectivity index (χ1v) is 7.25. The maximum Gasteiger partial charge on any atom is 0.166 e. The summed E-state index contributed by atoms with van der Waals surface area (Å²) in [5.74, 6) is 1.07. The van der Waals surface area contributed by atoms with E-state index in [1.807, 2.05) is 39.0 Å². The molecule has 0 aliphatic heterocycles. The van der Waals surface area contributed by atoms with Crippen LogP contribution in [0.4, 0.5) is 0 Å². The highest BCUT2D eigenvalue weighted by Crippen LogP contribution is 2.26. The molecule has 0 fully saturated rings. The Morgan fingerprint density at radius 3 is 2.53 bits per heavy atom. The maximum atomic E-state index is 12.2. The highest BCUT2D eigenvalue weighted by molar-refractivity contribution is 9.10. The fourth-order valence-corrected chi connectivity index (χ4v) is 2.55. The predicted octanol–water partition coefficient (Wildman–Crippen LogP) is 3.63. The van der Waals surface area contributed by atoms with Crippen LogP contribution in [0.25, 0.3) is 0 Å². The summed E-state index contributed by atoms with van der Waals surface area (Å²) in [7, 11) is 1.62. The Morgan fingerprint density at radius 2 is 2.05 bits per heavy atom. The van der Waals surface area contributed by atoms with E-state index in [4.69, 9.17) is 9.47 Å². The van der Waals surface area contributed by atoms with Crippen LogP contribution >= 0.6 is 15.9 Å². The van der Waals surface area contributed by atoms with Crippen molar-refractivity contribution in [2.45, 2.75) is 33.3 Å². The van der Waals surface area contributed by atoms with E-state index in [0.717, 1.165) is 15.8 Å². The van der Waals surface area contributed by atoms with E-state index in [2.05, 4.69) is 15.9 Å². The van der Waals surface area contributed by atoms with Gasteiger partial charge >= 0.3 is 0 Å². The van der Waals surface area contributed by atoms with Gasteiger partial charge in [0.25, 0.3) is 0 Å². The molecule has 0 saturated heterocycles. The molecule has 0 spiro atoms. The second-order valence-electron chi connectivity index (χ2n) is 4.73. The molecule has 106 valence electrons. The van der Waals surface area contributed by atoms with Crippen molar-refractivity contribution < 1.29 is 14.3 Å². The molecule has 0 aliphatic carbocycles. The summed E-state index contributed by atoms with van der Waals surface area (Å²) < 4.78 is 11.6. The third-order valence-corrected chi connectivity index (χ3v) is 3.48. The average molecular weight is 329 g/mol.